The number of rotatable bonds is 7. The third-order valence-electron chi connectivity index (χ3n) is 5.80. The summed E-state index contributed by atoms with van der Waals surface area (Å²) in [5.74, 6) is 2.63. The Hall–Kier alpha value is -3.38. The first-order chi connectivity index (χ1) is 16.0. The molecule has 0 radical (unpaired) electrons. The highest BCUT2D eigenvalue weighted by Crippen LogP contribution is 2.39. The Kier molecular flexibility index (Phi) is 6.94. The predicted molar refractivity (Wildman–Crippen MR) is 127 cm³/mol. The zero-order valence-corrected chi connectivity index (χ0v) is 19.6. The lowest BCUT2D eigenvalue weighted by Crippen LogP contribution is -2.42. The zero-order valence-electron chi connectivity index (χ0n) is 18.8. The molecular weight excluding hydrogens is 442 g/mol. The molecule has 0 unspecified atom stereocenters. The minimum atomic E-state index is -0.317. The van der Waals surface area contributed by atoms with Gasteiger partial charge in [0.05, 0.1) is 27.4 Å². The number of carbonyl (C=O) groups is 1. The highest BCUT2D eigenvalue weighted by Gasteiger charge is 2.33. The third-order valence-corrected chi connectivity index (χ3v) is 6.04. The lowest BCUT2D eigenvalue weighted by Gasteiger charge is -2.37. The highest BCUT2D eigenvalue weighted by molar-refractivity contribution is 6.30. The minimum Gasteiger partial charge on any atom is -0.497 e. The van der Waals surface area contributed by atoms with Gasteiger partial charge in [-0.1, -0.05) is 17.7 Å². The van der Waals surface area contributed by atoms with Crippen LogP contribution in [0.4, 0.5) is 0 Å². The molecule has 1 heterocycles. The Morgan fingerprint density at radius 3 is 2.30 bits per heavy atom. The molecule has 0 bridgehead atoms. The Morgan fingerprint density at radius 1 is 0.939 bits per heavy atom. The summed E-state index contributed by atoms with van der Waals surface area (Å²) in [5.41, 5.74) is 2.62. The molecule has 1 atom stereocenters. The quantitative estimate of drug-likeness (QED) is 0.479. The lowest BCUT2D eigenvalue weighted by molar-refractivity contribution is 0.0589. The SMILES string of the molecule is COc1ccc(OC[C@@H]2c3cc(OC)c(OC)cc3CCN2C(=O)c2cccc(Cl)c2)cc1. The van der Waals surface area contributed by atoms with Crippen LogP contribution in [0.2, 0.25) is 5.02 Å². The van der Waals surface area contributed by atoms with Crippen LogP contribution in [-0.4, -0.2) is 45.3 Å². The van der Waals surface area contributed by atoms with Crippen LogP contribution in [0.5, 0.6) is 23.0 Å². The van der Waals surface area contributed by atoms with E-state index in [-0.39, 0.29) is 18.6 Å². The van der Waals surface area contributed by atoms with Gasteiger partial charge in [-0.3, -0.25) is 4.79 Å². The summed E-state index contributed by atoms with van der Waals surface area (Å²) >= 11 is 6.15. The normalized spacial score (nSPS) is 14.9. The van der Waals surface area contributed by atoms with Gasteiger partial charge in [0.2, 0.25) is 0 Å². The van der Waals surface area contributed by atoms with Crippen LogP contribution in [0, 0.1) is 0 Å². The number of hydrogen-bond donors (Lipinski definition) is 0. The number of benzene rings is 3. The van der Waals surface area contributed by atoms with Gasteiger partial charge in [0, 0.05) is 17.1 Å². The predicted octanol–water partition coefficient (Wildman–Crippen LogP) is 5.18. The lowest BCUT2D eigenvalue weighted by atomic mass is 9.91. The van der Waals surface area contributed by atoms with E-state index >= 15 is 0 Å². The van der Waals surface area contributed by atoms with Crippen LogP contribution in [0.3, 0.4) is 0 Å². The van der Waals surface area contributed by atoms with E-state index in [2.05, 4.69) is 0 Å². The first-order valence-electron chi connectivity index (χ1n) is 10.6. The number of nitrogens with zero attached hydrogens (tertiary/aromatic N) is 1. The average Bonchev–Trinajstić information content (AvgIpc) is 2.86. The summed E-state index contributed by atoms with van der Waals surface area (Å²) in [6.07, 6.45) is 0.695. The molecular formula is C26H26ClNO5. The van der Waals surface area contributed by atoms with E-state index in [9.17, 15) is 4.79 Å². The summed E-state index contributed by atoms with van der Waals surface area (Å²) in [4.78, 5) is 15.3. The molecule has 1 amide bonds. The number of methoxy groups -OCH3 is 3. The smallest absolute Gasteiger partial charge is 0.254 e. The van der Waals surface area contributed by atoms with E-state index in [1.54, 1.807) is 45.6 Å². The summed E-state index contributed by atoms with van der Waals surface area (Å²) in [7, 11) is 4.84. The molecule has 0 fully saturated rings. The highest BCUT2D eigenvalue weighted by atomic mass is 35.5. The Labute approximate surface area is 198 Å². The fourth-order valence-corrected chi connectivity index (χ4v) is 4.28. The van der Waals surface area contributed by atoms with Crippen molar-refractivity contribution in [1.29, 1.82) is 0 Å². The van der Waals surface area contributed by atoms with Gasteiger partial charge >= 0.3 is 0 Å². The second-order valence-electron chi connectivity index (χ2n) is 7.67. The van der Waals surface area contributed by atoms with Crippen molar-refractivity contribution < 1.29 is 23.7 Å². The number of amides is 1. The Bertz CT molecular complexity index is 1130. The standard InChI is InChI=1S/C26H26ClNO5/c1-30-20-7-9-21(10-8-20)33-16-23-22-15-25(32-3)24(31-2)14-17(22)11-12-28(23)26(29)18-5-4-6-19(27)13-18/h4-10,13-15,23H,11-12,16H2,1-3H3/t23-/m1/s1. The van der Waals surface area contributed by atoms with E-state index < -0.39 is 0 Å². The Balaban J connectivity index is 1.69. The molecule has 1 aliphatic heterocycles. The van der Waals surface area contributed by atoms with Gasteiger partial charge in [-0.25, -0.2) is 0 Å². The molecule has 4 rings (SSSR count). The van der Waals surface area contributed by atoms with Gasteiger partial charge in [-0.2, -0.15) is 0 Å². The second-order valence-corrected chi connectivity index (χ2v) is 8.10. The van der Waals surface area contributed by atoms with Crippen molar-refractivity contribution in [2.45, 2.75) is 12.5 Å². The fourth-order valence-electron chi connectivity index (χ4n) is 4.09. The van der Waals surface area contributed by atoms with Crippen molar-refractivity contribution in [3.63, 3.8) is 0 Å². The van der Waals surface area contributed by atoms with E-state index in [1.807, 2.05) is 41.3 Å². The largest absolute Gasteiger partial charge is 0.497 e. The fraction of sp³-hybridized carbons (Fsp3) is 0.269. The van der Waals surface area contributed by atoms with Gasteiger partial charge in [0.15, 0.2) is 11.5 Å². The second kappa shape index (κ2) is 10.0. The van der Waals surface area contributed by atoms with Crippen molar-refractivity contribution >= 4 is 17.5 Å². The van der Waals surface area contributed by atoms with E-state index in [0.717, 1.165) is 16.9 Å². The van der Waals surface area contributed by atoms with Crippen molar-refractivity contribution in [1.82, 2.24) is 4.90 Å². The molecule has 0 N–H and O–H groups in total. The molecule has 1 aliphatic rings. The van der Waals surface area contributed by atoms with Gasteiger partial charge < -0.3 is 23.8 Å². The molecule has 33 heavy (non-hydrogen) atoms. The van der Waals surface area contributed by atoms with Crippen LogP contribution in [0.1, 0.15) is 27.5 Å². The van der Waals surface area contributed by atoms with Gasteiger partial charge in [-0.15, -0.1) is 0 Å². The Morgan fingerprint density at radius 2 is 1.64 bits per heavy atom. The first-order valence-corrected chi connectivity index (χ1v) is 11.0. The maximum Gasteiger partial charge on any atom is 0.254 e. The van der Waals surface area contributed by atoms with Crippen molar-refractivity contribution in [3.8, 4) is 23.0 Å². The number of fused-ring (bicyclic) bond motifs is 1. The van der Waals surface area contributed by atoms with E-state index in [4.69, 9.17) is 30.5 Å². The molecule has 172 valence electrons. The molecule has 0 aromatic heterocycles. The summed E-state index contributed by atoms with van der Waals surface area (Å²) < 4.78 is 22.4. The number of hydrogen-bond acceptors (Lipinski definition) is 5. The van der Waals surface area contributed by atoms with Crippen LogP contribution in [0.25, 0.3) is 0 Å². The topological polar surface area (TPSA) is 57.2 Å². The van der Waals surface area contributed by atoms with Crippen molar-refractivity contribution in [2.75, 3.05) is 34.5 Å². The van der Waals surface area contributed by atoms with Crippen LogP contribution < -0.4 is 18.9 Å². The molecule has 6 nitrogen and oxygen atoms in total. The number of ether oxygens (including phenoxy) is 4. The summed E-state index contributed by atoms with van der Waals surface area (Å²) in [5, 5.41) is 0.524. The number of carbonyl (C=O) groups excluding carboxylic acids is 1. The molecule has 3 aromatic rings. The molecule has 0 saturated carbocycles. The minimum absolute atomic E-state index is 0.0961. The maximum absolute atomic E-state index is 13.5. The van der Waals surface area contributed by atoms with Gasteiger partial charge in [-0.05, 0) is 72.1 Å². The number of halogens is 1. The summed E-state index contributed by atoms with van der Waals surface area (Å²) in [6, 6.07) is 18.0. The summed E-state index contributed by atoms with van der Waals surface area (Å²) in [6.45, 7) is 0.825. The first kappa shape index (κ1) is 22.8. The van der Waals surface area contributed by atoms with Crippen LogP contribution in [-0.2, 0) is 6.42 Å². The van der Waals surface area contributed by atoms with E-state index in [1.165, 1.54) is 0 Å². The van der Waals surface area contributed by atoms with Crippen molar-refractivity contribution in [3.05, 3.63) is 82.4 Å². The van der Waals surface area contributed by atoms with Crippen molar-refractivity contribution in [2.24, 2.45) is 0 Å². The monoisotopic (exact) mass is 467 g/mol. The molecule has 0 aliphatic carbocycles. The molecule has 7 heteroatoms. The molecule has 3 aromatic carbocycles. The molecule has 0 saturated heterocycles. The van der Waals surface area contributed by atoms with Crippen LogP contribution >= 0.6 is 11.6 Å². The van der Waals surface area contributed by atoms with Gasteiger partial charge in [0.1, 0.15) is 18.1 Å². The zero-order chi connectivity index (χ0) is 23.4. The average molecular weight is 468 g/mol. The maximum atomic E-state index is 13.5. The molecule has 0 spiro atoms. The third kappa shape index (κ3) is 4.86. The van der Waals surface area contributed by atoms with Crippen LogP contribution in [0.15, 0.2) is 60.7 Å². The van der Waals surface area contributed by atoms with Gasteiger partial charge in [0.25, 0.3) is 5.91 Å². The van der Waals surface area contributed by atoms with E-state index in [0.29, 0.717) is 40.8 Å².